The molecule has 0 bridgehead atoms. The summed E-state index contributed by atoms with van der Waals surface area (Å²) in [6, 6.07) is 8.09. The third-order valence-corrected chi connectivity index (χ3v) is 2.17. The second kappa shape index (κ2) is 2.97. The lowest BCUT2D eigenvalue weighted by atomic mass is 10.1. The highest BCUT2D eigenvalue weighted by Crippen LogP contribution is 2.19. The summed E-state index contributed by atoms with van der Waals surface area (Å²) in [6.45, 7) is 0.483. The average Bonchev–Trinajstić information content (AvgIpc) is 2.29. The van der Waals surface area contributed by atoms with E-state index in [4.69, 9.17) is 0 Å². The molecule has 1 heterocycles. The fourth-order valence-corrected chi connectivity index (χ4v) is 1.47. The van der Waals surface area contributed by atoms with Gasteiger partial charge in [-0.25, -0.2) is 0 Å². The number of carbonyl (C=O) groups is 1. The largest absolute Gasteiger partial charge is 0.378 e. The van der Waals surface area contributed by atoms with Crippen molar-refractivity contribution in [3.8, 4) is 0 Å². The Labute approximate surface area is 71.6 Å². The van der Waals surface area contributed by atoms with Crippen LogP contribution >= 0.6 is 0 Å². The second-order valence-electron chi connectivity index (χ2n) is 3.05. The first kappa shape index (κ1) is 7.35. The van der Waals surface area contributed by atoms with Crippen LogP contribution in [0.15, 0.2) is 24.3 Å². The SMILES string of the molecule is O=C1CCc2ccccc2NC1. The van der Waals surface area contributed by atoms with Crippen LogP contribution in [0.5, 0.6) is 0 Å². The summed E-state index contributed by atoms with van der Waals surface area (Å²) < 4.78 is 0. The zero-order chi connectivity index (χ0) is 8.39. The van der Waals surface area contributed by atoms with Crippen LogP contribution in [0.2, 0.25) is 0 Å². The van der Waals surface area contributed by atoms with Crippen molar-refractivity contribution in [2.24, 2.45) is 0 Å². The number of aryl methyl sites for hydroxylation is 1. The normalized spacial score (nSPS) is 16.2. The van der Waals surface area contributed by atoms with Crippen LogP contribution in [-0.2, 0) is 11.2 Å². The predicted octanol–water partition coefficient (Wildman–Crippen LogP) is 1.61. The molecule has 0 saturated heterocycles. The summed E-state index contributed by atoms with van der Waals surface area (Å²) in [6.07, 6.45) is 1.55. The zero-order valence-electron chi connectivity index (χ0n) is 6.84. The molecular formula is C10H11NO. The molecule has 0 spiro atoms. The third-order valence-electron chi connectivity index (χ3n) is 2.17. The molecule has 0 saturated carbocycles. The van der Waals surface area contributed by atoms with E-state index in [1.54, 1.807) is 0 Å². The minimum Gasteiger partial charge on any atom is -0.378 e. The van der Waals surface area contributed by atoms with E-state index < -0.39 is 0 Å². The number of hydrogen-bond acceptors (Lipinski definition) is 2. The van der Waals surface area contributed by atoms with Crippen molar-refractivity contribution < 1.29 is 4.79 Å². The molecular weight excluding hydrogens is 150 g/mol. The van der Waals surface area contributed by atoms with E-state index in [0.29, 0.717) is 18.7 Å². The summed E-state index contributed by atoms with van der Waals surface area (Å²) in [5, 5.41) is 3.13. The first-order chi connectivity index (χ1) is 5.86. The van der Waals surface area contributed by atoms with Crippen molar-refractivity contribution >= 4 is 11.5 Å². The number of ketones is 1. The van der Waals surface area contributed by atoms with Crippen molar-refractivity contribution in [2.75, 3.05) is 11.9 Å². The van der Waals surface area contributed by atoms with Gasteiger partial charge in [-0.3, -0.25) is 4.79 Å². The average molecular weight is 161 g/mol. The molecule has 2 heteroatoms. The number of nitrogens with one attached hydrogen (secondary N) is 1. The molecule has 62 valence electrons. The fraction of sp³-hybridized carbons (Fsp3) is 0.300. The third kappa shape index (κ3) is 1.33. The summed E-state index contributed by atoms with van der Waals surface area (Å²) in [5.74, 6) is 0.297. The number of anilines is 1. The van der Waals surface area contributed by atoms with E-state index >= 15 is 0 Å². The number of hydrogen-bond donors (Lipinski definition) is 1. The van der Waals surface area contributed by atoms with Crippen molar-refractivity contribution in [1.29, 1.82) is 0 Å². The molecule has 0 amide bonds. The summed E-state index contributed by atoms with van der Waals surface area (Å²) in [5.41, 5.74) is 2.37. The highest BCUT2D eigenvalue weighted by atomic mass is 16.1. The zero-order valence-corrected chi connectivity index (χ0v) is 6.84. The van der Waals surface area contributed by atoms with Crippen LogP contribution in [0.3, 0.4) is 0 Å². The molecule has 1 aliphatic rings. The number of fused-ring (bicyclic) bond motifs is 1. The maximum atomic E-state index is 11.1. The molecule has 1 N–H and O–H groups in total. The van der Waals surface area contributed by atoms with Crippen LogP contribution in [0, 0.1) is 0 Å². The molecule has 0 radical (unpaired) electrons. The Kier molecular flexibility index (Phi) is 1.82. The van der Waals surface area contributed by atoms with Gasteiger partial charge in [0.25, 0.3) is 0 Å². The number of rotatable bonds is 0. The van der Waals surface area contributed by atoms with Gasteiger partial charge in [0.05, 0.1) is 6.54 Å². The molecule has 1 aliphatic heterocycles. The fourth-order valence-electron chi connectivity index (χ4n) is 1.47. The van der Waals surface area contributed by atoms with E-state index in [1.165, 1.54) is 5.56 Å². The molecule has 2 nitrogen and oxygen atoms in total. The van der Waals surface area contributed by atoms with Crippen molar-refractivity contribution in [3.05, 3.63) is 29.8 Å². The van der Waals surface area contributed by atoms with Crippen LogP contribution in [0.25, 0.3) is 0 Å². The molecule has 0 fully saturated rings. The lowest BCUT2D eigenvalue weighted by Crippen LogP contribution is -2.10. The van der Waals surface area contributed by atoms with Crippen molar-refractivity contribution in [1.82, 2.24) is 0 Å². The van der Waals surface area contributed by atoms with Gasteiger partial charge in [0.1, 0.15) is 0 Å². The number of carbonyl (C=O) groups excluding carboxylic acids is 1. The van der Waals surface area contributed by atoms with Gasteiger partial charge in [0.15, 0.2) is 5.78 Å². The van der Waals surface area contributed by atoms with Crippen LogP contribution in [0.4, 0.5) is 5.69 Å². The molecule has 2 rings (SSSR count). The smallest absolute Gasteiger partial charge is 0.152 e. The highest BCUT2D eigenvalue weighted by molar-refractivity contribution is 5.84. The van der Waals surface area contributed by atoms with Crippen LogP contribution in [0.1, 0.15) is 12.0 Å². The second-order valence-corrected chi connectivity index (χ2v) is 3.05. The molecule has 1 aromatic rings. The van der Waals surface area contributed by atoms with E-state index in [1.807, 2.05) is 18.2 Å². The molecule has 12 heavy (non-hydrogen) atoms. The Balaban J connectivity index is 2.32. The predicted molar refractivity (Wildman–Crippen MR) is 48.3 cm³/mol. The maximum Gasteiger partial charge on any atom is 0.152 e. The topological polar surface area (TPSA) is 29.1 Å². The summed E-state index contributed by atoms with van der Waals surface area (Å²) in [4.78, 5) is 11.1. The Morgan fingerprint density at radius 1 is 1.17 bits per heavy atom. The van der Waals surface area contributed by atoms with Gasteiger partial charge in [0, 0.05) is 12.1 Å². The molecule has 1 aromatic carbocycles. The van der Waals surface area contributed by atoms with Gasteiger partial charge in [-0.15, -0.1) is 0 Å². The quantitative estimate of drug-likeness (QED) is 0.626. The van der Waals surface area contributed by atoms with Crippen LogP contribution < -0.4 is 5.32 Å². The summed E-state index contributed by atoms with van der Waals surface area (Å²) in [7, 11) is 0. The minimum atomic E-state index is 0.297. The van der Waals surface area contributed by atoms with Gasteiger partial charge in [0.2, 0.25) is 0 Å². The highest BCUT2D eigenvalue weighted by Gasteiger charge is 2.10. The van der Waals surface area contributed by atoms with E-state index in [0.717, 1.165) is 12.1 Å². The van der Waals surface area contributed by atoms with Crippen molar-refractivity contribution in [2.45, 2.75) is 12.8 Å². The van der Waals surface area contributed by atoms with E-state index in [-0.39, 0.29) is 0 Å². The van der Waals surface area contributed by atoms with Crippen molar-refractivity contribution in [3.63, 3.8) is 0 Å². The molecule has 0 unspecified atom stereocenters. The Morgan fingerprint density at radius 3 is 2.92 bits per heavy atom. The van der Waals surface area contributed by atoms with Gasteiger partial charge < -0.3 is 5.32 Å². The molecule has 0 aromatic heterocycles. The Hall–Kier alpha value is -1.31. The van der Waals surface area contributed by atoms with Gasteiger partial charge in [-0.05, 0) is 18.1 Å². The monoisotopic (exact) mass is 161 g/mol. The van der Waals surface area contributed by atoms with Gasteiger partial charge in [-0.1, -0.05) is 18.2 Å². The van der Waals surface area contributed by atoms with Gasteiger partial charge in [-0.2, -0.15) is 0 Å². The number of Topliss-reactive ketones (excluding diaryl/α,β-unsaturated/α-hetero) is 1. The van der Waals surface area contributed by atoms with Crippen LogP contribution in [-0.4, -0.2) is 12.3 Å². The Bertz CT molecular complexity index is 277. The molecule has 0 aliphatic carbocycles. The van der Waals surface area contributed by atoms with E-state index in [9.17, 15) is 4.79 Å². The number of benzene rings is 1. The lowest BCUT2D eigenvalue weighted by molar-refractivity contribution is -0.117. The maximum absolute atomic E-state index is 11.1. The standard InChI is InChI=1S/C10H11NO/c12-9-6-5-8-3-1-2-4-10(8)11-7-9/h1-4,11H,5-7H2. The lowest BCUT2D eigenvalue weighted by Gasteiger charge is -2.04. The number of para-hydroxylation sites is 1. The van der Waals surface area contributed by atoms with Gasteiger partial charge >= 0.3 is 0 Å². The Morgan fingerprint density at radius 2 is 2.00 bits per heavy atom. The first-order valence-electron chi connectivity index (χ1n) is 4.20. The van der Waals surface area contributed by atoms with E-state index in [2.05, 4.69) is 11.4 Å². The summed E-state index contributed by atoms with van der Waals surface area (Å²) >= 11 is 0. The molecule has 0 atom stereocenters. The first-order valence-corrected chi connectivity index (χ1v) is 4.20. The minimum absolute atomic E-state index is 0.297.